The quantitative estimate of drug-likeness (QED) is 0.830. The molecule has 1 aliphatic heterocycles. The molecule has 0 aromatic heterocycles. The van der Waals surface area contributed by atoms with Crippen molar-refractivity contribution in [1.29, 1.82) is 0 Å². The summed E-state index contributed by atoms with van der Waals surface area (Å²) in [6, 6.07) is 4.16. The van der Waals surface area contributed by atoms with Gasteiger partial charge in [-0.1, -0.05) is 12.1 Å². The number of rotatable bonds is 3. The summed E-state index contributed by atoms with van der Waals surface area (Å²) in [5.41, 5.74) is -0.605. The Morgan fingerprint density at radius 3 is 2.16 bits per heavy atom. The number of aliphatic carboxylic acids is 1. The lowest BCUT2D eigenvalue weighted by atomic mass is 9.96. The number of carboxylic acid groups (broad SMARTS) is 1. The fourth-order valence-electron chi connectivity index (χ4n) is 2.58. The summed E-state index contributed by atoms with van der Waals surface area (Å²) in [7, 11) is 0. The average Bonchev–Trinajstić information content (AvgIpc) is 2.91. The van der Waals surface area contributed by atoms with Crippen molar-refractivity contribution in [1.82, 2.24) is 4.90 Å². The molecule has 2 rings (SSSR count). The molecule has 5 nitrogen and oxygen atoms in total. The molecule has 0 aliphatic carbocycles. The minimum atomic E-state index is -5.10. The monoisotopic (exact) mass is 371 g/mol. The number of para-hydroxylation sites is 1. The normalized spacial score (nSPS) is 21.3. The van der Waals surface area contributed by atoms with E-state index in [-0.39, 0.29) is 0 Å². The Morgan fingerprint density at radius 1 is 1.08 bits per heavy atom. The molecule has 0 bridgehead atoms. The largest absolute Gasteiger partial charge is 0.573 e. The molecule has 1 aliphatic rings. The van der Waals surface area contributed by atoms with Crippen LogP contribution < -0.4 is 4.74 Å². The van der Waals surface area contributed by atoms with Gasteiger partial charge in [0.2, 0.25) is 0 Å². The molecule has 0 spiro atoms. The molecule has 1 N–H and O–H groups in total. The van der Waals surface area contributed by atoms with Crippen LogP contribution in [0.25, 0.3) is 0 Å². The van der Waals surface area contributed by atoms with Crippen LogP contribution in [0.2, 0.25) is 0 Å². The molecule has 1 amide bonds. The lowest BCUT2D eigenvalue weighted by Gasteiger charge is -2.19. The molecule has 0 unspecified atom stereocenters. The van der Waals surface area contributed by atoms with E-state index < -0.39 is 60.7 Å². The third kappa shape index (κ3) is 4.34. The molecule has 1 aromatic carbocycles. The third-order valence-electron chi connectivity index (χ3n) is 3.69. The maximum atomic E-state index is 12.9. The van der Waals surface area contributed by atoms with Crippen LogP contribution in [0.1, 0.15) is 10.4 Å². The van der Waals surface area contributed by atoms with Gasteiger partial charge in [0.1, 0.15) is 5.75 Å². The molecule has 11 heteroatoms. The van der Waals surface area contributed by atoms with Gasteiger partial charge in [-0.3, -0.25) is 9.59 Å². The van der Waals surface area contributed by atoms with Gasteiger partial charge in [0.15, 0.2) is 0 Å². The second-order valence-electron chi connectivity index (χ2n) is 5.35. The van der Waals surface area contributed by atoms with E-state index in [4.69, 9.17) is 5.11 Å². The van der Waals surface area contributed by atoms with Crippen LogP contribution in [0.5, 0.6) is 5.75 Å². The van der Waals surface area contributed by atoms with Gasteiger partial charge >= 0.3 is 18.5 Å². The topological polar surface area (TPSA) is 66.8 Å². The van der Waals surface area contributed by atoms with Crippen LogP contribution in [-0.4, -0.2) is 47.5 Å². The Balaban J connectivity index is 2.29. The number of carbonyl (C=O) groups is 2. The number of hydrogen-bond donors (Lipinski definition) is 1. The van der Waals surface area contributed by atoms with Gasteiger partial charge in [-0.2, -0.15) is 13.2 Å². The van der Waals surface area contributed by atoms with Gasteiger partial charge in [0, 0.05) is 13.1 Å². The van der Waals surface area contributed by atoms with Gasteiger partial charge in [-0.05, 0) is 12.1 Å². The molecule has 0 radical (unpaired) electrons. The standard InChI is InChI=1S/C14H11F6NO4/c15-13(16,17)9-6-21(5-8(9)12(23)24)11(22)7-3-1-2-4-10(7)25-14(18,19)20/h1-4,8-9H,5-6H2,(H,23,24)/t8-,9-/m1/s1. The molecular weight excluding hydrogens is 360 g/mol. The Kier molecular flexibility index (Phi) is 4.87. The molecule has 25 heavy (non-hydrogen) atoms. The van der Waals surface area contributed by atoms with E-state index in [0.717, 1.165) is 18.2 Å². The fourth-order valence-corrected chi connectivity index (χ4v) is 2.58. The Morgan fingerprint density at radius 2 is 1.68 bits per heavy atom. The Bertz CT molecular complexity index is 672. The van der Waals surface area contributed by atoms with Crippen LogP contribution in [0.3, 0.4) is 0 Å². The first-order valence-electron chi connectivity index (χ1n) is 6.83. The number of amides is 1. The first kappa shape index (κ1) is 18.9. The smallest absolute Gasteiger partial charge is 0.481 e. The summed E-state index contributed by atoms with van der Waals surface area (Å²) in [5.74, 6) is -7.97. The zero-order valence-electron chi connectivity index (χ0n) is 12.3. The van der Waals surface area contributed by atoms with E-state index in [9.17, 15) is 35.9 Å². The minimum Gasteiger partial charge on any atom is -0.481 e. The second kappa shape index (κ2) is 6.45. The zero-order chi connectivity index (χ0) is 19.0. The highest BCUT2D eigenvalue weighted by molar-refractivity contribution is 5.97. The maximum Gasteiger partial charge on any atom is 0.573 e. The van der Waals surface area contributed by atoms with Crippen LogP contribution in [0.4, 0.5) is 26.3 Å². The number of carbonyl (C=O) groups excluding carboxylic acids is 1. The van der Waals surface area contributed by atoms with Gasteiger partial charge in [0.25, 0.3) is 5.91 Å². The number of alkyl halides is 6. The second-order valence-corrected chi connectivity index (χ2v) is 5.35. The first-order valence-corrected chi connectivity index (χ1v) is 6.83. The zero-order valence-corrected chi connectivity index (χ0v) is 12.3. The lowest BCUT2D eigenvalue weighted by molar-refractivity contribution is -0.274. The summed E-state index contributed by atoms with van der Waals surface area (Å²) in [6.07, 6.45) is -9.96. The number of carboxylic acids is 1. The van der Waals surface area contributed by atoms with Gasteiger partial charge in [-0.15, -0.1) is 13.2 Å². The van der Waals surface area contributed by atoms with Crippen molar-refractivity contribution in [2.75, 3.05) is 13.1 Å². The van der Waals surface area contributed by atoms with Crippen molar-refractivity contribution >= 4 is 11.9 Å². The molecule has 2 atom stereocenters. The highest BCUT2D eigenvalue weighted by atomic mass is 19.4. The number of benzene rings is 1. The number of halogens is 6. The summed E-state index contributed by atoms with van der Waals surface area (Å²) in [6.45, 7) is -1.72. The molecular formula is C14H11F6NO4. The minimum absolute atomic E-state index is 0.565. The summed E-state index contributed by atoms with van der Waals surface area (Å²) < 4.78 is 79.6. The van der Waals surface area contributed by atoms with Crippen molar-refractivity contribution in [3.8, 4) is 5.75 Å². The van der Waals surface area contributed by atoms with Crippen molar-refractivity contribution in [2.45, 2.75) is 12.5 Å². The summed E-state index contributed by atoms with van der Waals surface area (Å²) >= 11 is 0. The van der Waals surface area contributed by atoms with Gasteiger partial charge < -0.3 is 14.7 Å². The maximum absolute atomic E-state index is 12.9. The summed E-state index contributed by atoms with van der Waals surface area (Å²) in [5, 5.41) is 8.91. The predicted molar refractivity (Wildman–Crippen MR) is 69.7 cm³/mol. The predicted octanol–water partition coefficient (Wildman–Crippen LogP) is 2.92. The van der Waals surface area contributed by atoms with Crippen LogP contribution >= 0.6 is 0 Å². The van der Waals surface area contributed by atoms with Gasteiger partial charge in [-0.25, -0.2) is 0 Å². The van der Waals surface area contributed by atoms with Crippen LogP contribution in [0, 0.1) is 11.8 Å². The summed E-state index contributed by atoms with van der Waals surface area (Å²) in [4.78, 5) is 23.9. The number of hydrogen-bond acceptors (Lipinski definition) is 3. The van der Waals surface area contributed by atoms with Crippen molar-refractivity contribution < 1.29 is 45.8 Å². The number of likely N-dealkylation sites (tertiary alicyclic amines) is 1. The highest BCUT2D eigenvalue weighted by Crippen LogP contribution is 2.39. The average molecular weight is 371 g/mol. The Hall–Kier alpha value is -2.46. The molecule has 1 heterocycles. The van der Waals surface area contributed by atoms with E-state index in [2.05, 4.69) is 4.74 Å². The molecule has 1 saturated heterocycles. The van der Waals surface area contributed by atoms with Crippen molar-refractivity contribution in [3.63, 3.8) is 0 Å². The van der Waals surface area contributed by atoms with E-state index in [1.807, 2.05) is 0 Å². The fraction of sp³-hybridized carbons (Fsp3) is 0.429. The van der Waals surface area contributed by atoms with E-state index in [1.54, 1.807) is 0 Å². The molecule has 1 aromatic rings. The van der Waals surface area contributed by atoms with Crippen molar-refractivity contribution in [3.05, 3.63) is 29.8 Å². The molecule has 1 fully saturated rings. The van der Waals surface area contributed by atoms with E-state index in [1.165, 1.54) is 6.07 Å². The van der Waals surface area contributed by atoms with E-state index in [0.29, 0.717) is 4.90 Å². The van der Waals surface area contributed by atoms with E-state index >= 15 is 0 Å². The highest BCUT2D eigenvalue weighted by Gasteiger charge is 2.53. The van der Waals surface area contributed by atoms with Crippen molar-refractivity contribution in [2.24, 2.45) is 11.8 Å². The SMILES string of the molecule is O=C(O)[C@@H]1CN(C(=O)c2ccccc2OC(F)(F)F)C[C@H]1C(F)(F)F. The number of ether oxygens (including phenoxy) is 1. The molecule has 0 saturated carbocycles. The van der Waals surface area contributed by atoms with Crippen LogP contribution in [0.15, 0.2) is 24.3 Å². The van der Waals surface area contributed by atoms with Gasteiger partial charge in [0.05, 0.1) is 17.4 Å². The Labute approximate surface area is 136 Å². The first-order chi connectivity index (χ1) is 11.4. The number of nitrogens with zero attached hydrogens (tertiary/aromatic N) is 1. The van der Waals surface area contributed by atoms with Crippen LogP contribution in [-0.2, 0) is 4.79 Å². The third-order valence-corrected chi connectivity index (χ3v) is 3.69. The molecule has 138 valence electrons. The lowest BCUT2D eigenvalue weighted by Crippen LogP contribution is -2.34.